The van der Waals surface area contributed by atoms with Gasteiger partial charge >= 0.3 is 11.8 Å². The molecule has 2 aliphatic heterocycles. The van der Waals surface area contributed by atoms with Crippen molar-refractivity contribution in [1.29, 1.82) is 0 Å². The number of anilines is 1. The highest BCUT2D eigenvalue weighted by molar-refractivity contribution is 6.39. The molecule has 2 N–H and O–H groups in total. The number of hydrogen-bond donors (Lipinski definition) is 2. The van der Waals surface area contributed by atoms with Gasteiger partial charge in [-0.3, -0.25) is 9.59 Å². The van der Waals surface area contributed by atoms with Gasteiger partial charge in [0.15, 0.2) is 0 Å². The van der Waals surface area contributed by atoms with E-state index in [1.165, 1.54) is 0 Å². The van der Waals surface area contributed by atoms with E-state index in [0.29, 0.717) is 18.5 Å². The summed E-state index contributed by atoms with van der Waals surface area (Å²) in [5.41, 5.74) is -0.347. The molecular formula is C19H25F2N3O3. The molecule has 0 aromatic heterocycles. The van der Waals surface area contributed by atoms with Crippen molar-refractivity contribution < 1.29 is 23.1 Å². The Bertz CT molecular complexity index is 672. The third kappa shape index (κ3) is 5.46. The zero-order chi connectivity index (χ0) is 19.2. The molecule has 2 amide bonds. The summed E-state index contributed by atoms with van der Waals surface area (Å²) in [6.45, 7) is 4.00. The van der Waals surface area contributed by atoms with E-state index < -0.39 is 23.4 Å². The molecule has 2 saturated heterocycles. The smallest absolute Gasteiger partial charge is 0.313 e. The molecule has 8 heteroatoms. The van der Waals surface area contributed by atoms with E-state index in [4.69, 9.17) is 4.74 Å². The van der Waals surface area contributed by atoms with E-state index in [1.807, 2.05) is 0 Å². The van der Waals surface area contributed by atoms with Crippen LogP contribution in [-0.2, 0) is 14.3 Å². The molecule has 0 atom stereocenters. The number of nitrogens with zero attached hydrogens (tertiary/aromatic N) is 1. The van der Waals surface area contributed by atoms with Crippen LogP contribution in [0.2, 0.25) is 0 Å². The maximum absolute atomic E-state index is 13.5. The summed E-state index contributed by atoms with van der Waals surface area (Å²) in [4.78, 5) is 26.3. The number of likely N-dealkylation sites (tertiary alicyclic amines) is 1. The number of halogens is 2. The molecule has 2 aliphatic rings. The fourth-order valence-corrected chi connectivity index (χ4v) is 3.66. The average Bonchev–Trinajstić information content (AvgIpc) is 2.70. The van der Waals surface area contributed by atoms with Crippen LogP contribution in [0.15, 0.2) is 18.2 Å². The van der Waals surface area contributed by atoms with Crippen molar-refractivity contribution in [2.45, 2.75) is 31.7 Å². The fraction of sp³-hybridized carbons (Fsp3) is 0.579. The molecule has 0 unspecified atom stereocenters. The number of nitrogens with one attached hydrogen (secondary N) is 2. The number of rotatable bonds is 4. The molecule has 148 valence electrons. The van der Waals surface area contributed by atoms with Crippen LogP contribution in [0.5, 0.6) is 0 Å². The van der Waals surface area contributed by atoms with E-state index in [-0.39, 0.29) is 5.69 Å². The Labute approximate surface area is 157 Å². The van der Waals surface area contributed by atoms with Crippen molar-refractivity contribution in [3.63, 3.8) is 0 Å². The predicted octanol–water partition coefficient (Wildman–Crippen LogP) is 1.91. The number of amides is 2. The van der Waals surface area contributed by atoms with Gasteiger partial charge in [0.25, 0.3) is 0 Å². The summed E-state index contributed by atoms with van der Waals surface area (Å²) in [5.74, 6) is -3.02. The predicted molar refractivity (Wildman–Crippen MR) is 96.1 cm³/mol. The summed E-state index contributed by atoms with van der Waals surface area (Å²) < 4.78 is 32.1. The first-order valence-electron chi connectivity index (χ1n) is 9.39. The molecule has 0 bridgehead atoms. The Morgan fingerprint density at radius 3 is 2.48 bits per heavy atom. The van der Waals surface area contributed by atoms with Crippen LogP contribution in [0.25, 0.3) is 0 Å². The van der Waals surface area contributed by atoms with E-state index >= 15 is 0 Å². The third-order valence-electron chi connectivity index (χ3n) is 5.29. The maximum Gasteiger partial charge on any atom is 0.313 e. The molecule has 3 rings (SSSR count). The molecular weight excluding hydrogens is 356 g/mol. The minimum Gasteiger partial charge on any atom is -0.381 e. The first-order chi connectivity index (χ1) is 13.0. The number of hydrogen-bond acceptors (Lipinski definition) is 4. The van der Waals surface area contributed by atoms with E-state index in [1.54, 1.807) is 0 Å². The minimum absolute atomic E-state index is 0.309. The summed E-state index contributed by atoms with van der Waals surface area (Å²) in [6.07, 6.45) is 4.05. The summed E-state index contributed by atoms with van der Waals surface area (Å²) in [5, 5.41) is 4.70. The van der Waals surface area contributed by atoms with Gasteiger partial charge in [0.2, 0.25) is 0 Å². The van der Waals surface area contributed by atoms with E-state index in [0.717, 1.165) is 70.2 Å². The van der Waals surface area contributed by atoms with Crippen LogP contribution < -0.4 is 10.6 Å². The lowest BCUT2D eigenvalue weighted by Gasteiger charge is -2.39. The Morgan fingerprint density at radius 2 is 1.78 bits per heavy atom. The van der Waals surface area contributed by atoms with Crippen LogP contribution >= 0.6 is 0 Å². The Balaban J connectivity index is 1.40. The van der Waals surface area contributed by atoms with Crippen LogP contribution in [0, 0.1) is 17.6 Å². The van der Waals surface area contributed by atoms with Gasteiger partial charge in [-0.15, -0.1) is 0 Å². The van der Waals surface area contributed by atoms with Gasteiger partial charge in [-0.1, -0.05) is 0 Å². The number of piperidine rings is 1. The van der Waals surface area contributed by atoms with Crippen molar-refractivity contribution in [2.24, 2.45) is 5.92 Å². The molecule has 0 radical (unpaired) electrons. The van der Waals surface area contributed by atoms with Gasteiger partial charge in [-0.05, 0) is 56.8 Å². The second-order valence-corrected chi connectivity index (χ2v) is 7.11. The van der Waals surface area contributed by atoms with E-state index in [9.17, 15) is 18.4 Å². The average molecular weight is 381 g/mol. The first kappa shape index (κ1) is 19.7. The van der Waals surface area contributed by atoms with Crippen molar-refractivity contribution in [3.05, 3.63) is 29.8 Å². The highest BCUT2D eigenvalue weighted by atomic mass is 19.1. The van der Waals surface area contributed by atoms with Crippen molar-refractivity contribution in [2.75, 3.05) is 38.2 Å². The van der Waals surface area contributed by atoms with Crippen molar-refractivity contribution in [3.8, 4) is 0 Å². The molecule has 27 heavy (non-hydrogen) atoms. The molecule has 1 aromatic rings. The molecule has 2 heterocycles. The monoisotopic (exact) mass is 381 g/mol. The quantitative estimate of drug-likeness (QED) is 0.782. The summed E-state index contributed by atoms with van der Waals surface area (Å²) >= 11 is 0. The summed E-state index contributed by atoms with van der Waals surface area (Å²) in [6, 6.07) is 3.26. The SMILES string of the molecule is O=C(NCC1CCN(C2CCOCC2)CC1)C(=O)Nc1cc(F)ccc1F. The molecule has 6 nitrogen and oxygen atoms in total. The van der Waals surface area contributed by atoms with Gasteiger partial charge in [-0.25, -0.2) is 8.78 Å². The van der Waals surface area contributed by atoms with Gasteiger partial charge in [0, 0.05) is 31.9 Å². The molecule has 1 aromatic carbocycles. The first-order valence-corrected chi connectivity index (χ1v) is 9.39. The highest BCUT2D eigenvalue weighted by Gasteiger charge is 2.27. The number of carbonyl (C=O) groups excluding carboxylic acids is 2. The lowest BCUT2D eigenvalue weighted by atomic mass is 9.94. The number of ether oxygens (including phenoxy) is 1. The number of carbonyl (C=O) groups is 2. The molecule has 0 saturated carbocycles. The highest BCUT2D eigenvalue weighted by Crippen LogP contribution is 2.22. The topological polar surface area (TPSA) is 70.7 Å². The van der Waals surface area contributed by atoms with Crippen LogP contribution in [-0.4, -0.2) is 55.6 Å². The van der Waals surface area contributed by atoms with Crippen LogP contribution in [0.3, 0.4) is 0 Å². The lowest BCUT2D eigenvalue weighted by Crippen LogP contribution is -2.46. The normalized spacial score (nSPS) is 19.6. The van der Waals surface area contributed by atoms with Crippen molar-refractivity contribution in [1.82, 2.24) is 10.2 Å². The second-order valence-electron chi connectivity index (χ2n) is 7.11. The van der Waals surface area contributed by atoms with Crippen LogP contribution in [0.1, 0.15) is 25.7 Å². The number of benzene rings is 1. The maximum atomic E-state index is 13.5. The Hall–Kier alpha value is -2.06. The zero-order valence-corrected chi connectivity index (χ0v) is 15.2. The van der Waals surface area contributed by atoms with Gasteiger partial charge in [0.05, 0.1) is 5.69 Å². The van der Waals surface area contributed by atoms with Gasteiger partial charge in [-0.2, -0.15) is 0 Å². The minimum atomic E-state index is -1.00. The zero-order valence-electron chi connectivity index (χ0n) is 15.2. The van der Waals surface area contributed by atoms with E-state index in [2.05, 4.69) is 15.5 Å². The van der Waals surface area contributed by atoms with Gasteiger partial charge in [0.1, 0.15) is 11.6 Å². The lowest BCUT2D eigenvalue weighted by molar-refractivity contribution is -0.136. The Morgan fingerprint density at radius 1 is 1.07 bits per heavy atom. The van der Waals surface area contributed by atoms with Crippen molar-refractivity contribution >= 4 is 17.5 Å². The fourth-order valence-electron chi connectivity index (χ4n) is 3.66. The second kappa shape index (κ2) is 9.23. The van der Waals surface area contributed by atoms with Gasteiger partial charge < -0.3 is 20.3 Å². The molecule has 0 aliphatic carbocycles. The third-order valence-corrected chi connectivity index (χ3v) is 5.29. The molecule has 2 fully saturated rings. The summed E-state index contributed by atoms with van der Waals surface area (Å²) in [7, 11) is 0. The molecule has 0 spiro atoms. The Kier molecular flexibility index (Phi) is 6.73. The standard InChI is InChI=1S/C19H25F2N3O3/c20-14-1-2-16(21)17(11-14)23-19(26)18(25)22-12-13-3-7-24(8-4-13)15-5-9-27-10-6-15/h1-2,11,13,15H,3-10,12H2,(H,22,25)(H,23,26). The largest absolute Gasteiger partial charge is 0.381 e. The van der Waals surface area contributed by atoms with Crippen LogP contribution in [0.4, 0.5) is 14.5 Å².